The summed E-state index contributed by atoms with van der Waals surface area (Å²) in [6.07, 6.45) is 2.19. The molecule has 0 radical (unpaired) electrons. The third kappa shape index (κ3) is 3.01. The Morgan fingerprint density at radius 1 is 1.29 bits per heavy atom. The van der Waals surface area contributed by atoms with Crippen LogP contribution < -0.4 is 4.90 Å². The molecule has 2 atom stereocenters. The zero-order valence-corrected chi connectivity index (χ0v) is 12.8. The van der Waals surface area contributed by atoms with Crippen molar-refractivity contribution in [3.8, 4) is 0 Å². The van der Waals surface area contributed by atoms with Gasteiger partial charge in [-0.2, -0.15) is 0 Å². The van der Waals surface area contributed by atoms with Crippen LogP contribution in [0, 0.1) is 5.92 Å². The molecule has 21 heavy (non-hydrogen) atoms. The minimum absolute atomic E-state index is 0.0257. The number of hydrogen-bond acceptors (Lipinski definition) is 3. The van der Waals surface area contributed by atoms with E-state index in [0.717, 1.165) is 12.0 Å². The van der Waals surface area contributed by atoms with E-state index in [0.29, 0.717) is 16.0 Å². The molecule has 0 bridgehead atoms. The van der Waals surface area contributed by atoms with E-state index < -0.39 is 0 Å². The molecule has 1 saturated carbocycles. The topological polar surface area (TPSA) is 46.1 Å². The Balaban J connectivity index is 1.73. The van der Waals surface area contributed by atoms with Gasteiger partial charge in [0.2, 0.25) is 5.91 Å². The Morgan fingerprint density at radius 2 is 2.10 bits per heavy atom. The zero-order valence-electron chi connectivity index (χ0n) is 11.3. The van der Waals surface area contributed by atoms with Crippen LogP contribution in [0.25, 0.3) is 0 Å². The minimum Gasteiger partial charge on any atom is -0.300 e. The third-order valence-electron chi connectivity index (χ3n) is 3.68. The Labute approximate surface area is 132 Å². The van der Waals surface area contributed by atoms with Crippen molar-refractivity contribution in [1.29, 1.82) is 0 Å². The summed E-state index contributed by atoms with van der Waals surface area (Å²) in [5.74, 6) is 0.754. The van der Waals surface area contributed by atoms with Crippen LogP contribution in [0.4, 0.5) is 5.82 Å². The number of aromatic nitrogens is 2. The highest BCUT2D eigenvalue weighted by molar-refractivity contribution is 6.30. The van der Waals surface area contributed by atoms with E-state index in [9.17, 15) is 4.79 Å². The average molecular weight is 322 g/mol. The van der Waals surface area contributed by atoms with E-state index >= 15 is 0 Å². The van der Waals surface area contributed by atoms with Gasteiger partial charge in [-0.1, -0.05) is 35.3 Å². The molecule has 1 heterocycles. The van der Waals surface area contributed by atoms with Crippen molar-refractivity contribution in [2.75, 3.05) is 11.9 Å². The molecule has 1 aliphatic rings. The highest BCUT2D eigenvalue weighted by atomic mass is 35.5. The van der Waals surface area contributed by atoms with Gasteiger partial charge < -0.3 is 0 Å². The quantitative estimate of drug-likeness (QED) is 0.812. The minimum atomic E-state index is -0.0257. The second-order valence-corrected chi connectivity index (χ2v) is 5.92. The van der Waals surface area contributed by atoms with Crippen LogP contribution in [0.1, 0.15) is 17.9 Å². The van der Waals surface area contributed by atoms with Crippen molar-refractivity contribution in [3.05, 3.63) is 52.4 Å². The zero-order chi connectivity index (χ0) is 15.0. The van der Waals surface area contributed by atoms with Crippen molar-refractivity contribution in [2.45, 2.75) is 12.3 Å². The fraction of sp³-hybridized carbons (Fsp3) is 0.267. The molecule has 0 N–H and O–H groups in total. The number of anilines is 1. The summed E-state index contributed by atoms with van der Waals surface area (Å²) in [6, 6.07) is 9.24. The molecular formula is C15H13Cl2N3O. The molecule has 6 heteroatoms. The van der Waals surface area contributed by atoms with E-state index in [1.54, 1.807) is 13.1 Å². The number of halogens is 2. The SMILES string of the molecule is CN(C(=O)C1C[C@@H]1c1cccc(Cl)c1)c1cc(Cl)ncn1. The van der Waals surface area contributed by atoms with Crippen LogP contribution in [0.2, 0.25) is 10.2 Å². The first-order valence-electron chi connectivity index (χ1n) is 6.57. The van der Waals surface area contributed by atoms with E-state index in [2.05, 4.69) is 9.97 Å². The Morgan fingerprint density at radius 3 is 2.81 bits per heavy atom. The van der Waals surface area contributed by atoms with Gasteiger partial charge in [0, 0.05) is 24.1 Å². The molecule has 4 nitrogen and oxygen atoms in total. The van der Waals surface area contributed by atoms with Crippen LogP contribution in [0.3, 0.4) is 0 Å². The maximum Gasteiger partial charge on any atom is 0.231 e. The van der Waals surface area contributed by atoms with Gasteiger partial charge in [0.1, 0.15) is 17.3 Å². The average Bonchev–Trinajstić information content (AvgIpc) is 3.26. The number of carbonyl (C=O) groups is 1. The summed E-state index contributed by atoms with van der Waals surface area (Å²) < 4.78 is 0. The van der Waals surface area contributed by atoms with Crippen molar-refractivity contribution < 1.29 is 4.79 Å². The number of rotatable bonds is 3. The molecule has 1 amide bonds. The Kier molecular flexibility index (Phi) is 3.83. The number of nitrogens with zero attached hydrogens (tertiary/aromatic N) is 3. The molecular weight excluding hydrogens is 309 g/mol. The predicted molar refractivity (Wildman–Crippen MR) is 82.8 cm³/mol. The molecule has 2 aromatic rings. The predicted octanol–water partition coefficient (Wildman–Crippen LogP) is 3.55. The largest absolute Gasteiger partial charge is 0.300 e. The van der Waals surface area contributed by atoms with E-state index in [1.807, 2.05) is 24.3 Å². The first-order chi connectivity index (χ1) is 10.1. The van der Waals surface area contributed by atoms with E-state index in [1.165, 1.54) is 11.2 Å². The van der Waals surface area contributed by atoms with Crippen LogP contribution in [-0.4, -0.2) is 22.9 Å². The van der Waals surface area contributed by atoms with Gasteiger partial charge in [-0.25, -0.2) is 9.97 Å². The van der Waals surface area contributed by atoms with Crippen LogP contribution in [0.5, 0.6) is 0 Å². The lowest BCUT2D eigenvalue weighted by Crippen LogP contribution is -2.29. The second kappa shape index (κ2) is 5.62. The highest BCUT2D eigenvalue weighted by Crippen LogP contribution is 2.49. The van der Waals surface area contributed by atoms with Gasteiger partial charge in [-0.05, 0) is 30.0 Å². The summed E-state index contributed by atoms with van der Waals surface area (Å²) in [5, 5.41) is 1.02. The normalized spacial score (nSPS) is 20.1. The van der Waals surface area contributed by atoms with Crippen molar-refractivity contribution >= 4 is 34.9 Å². The Bertz CT molecular complexity index is 692. The van der Waals surface area contributed by atoms with Crippen LogP contribution in [0.15, 0.2) is 36.7 Å². The van der Waals surface area contributed by atoms with Gasteiger partial charge in [0.15, 0.2) is 0 Å². The number of benzene rings is 1. The summed E-state index contributed by atoms with van der Waals surface area (Å²) in [6.45, 7) is 0. The van der Waals surface area contributed by atoms with Gasteiger partial charge in [0.25, 0.3) is 0 Å². The fourth-order valence-corrected chi connectivity index (χ4v) is 2.78. The Hall–Kier alpha value is -1.65. The third-order valence-corrected chi connectivity index (χ3v) is 4.12. The first kappa shape index (κ1) is 14.3. The number of carbonyl (C=O) groups excluding carboxylic acids is 1. The monoisotopic (exact) mass is 321 g/mol. The van der Waals surface area contributed by atoms with Gasteiger partial charge in [-0.15, -0.1) is 0 Å². The summed E-state index contributed by atoms with van der Waals surface area (Å²) in [5.41, 5.74) is 1.11. The lowest BCUT2D eigenvalue weighted by Gasteiger charge is -2.16. The molecule has 0 aliphatic heterocycles. The van der Waals surface area contributed by atoms with Gasteiger partial charge >= 0.3 is 0 Å². The summed E-state index contributed by atoms with van der Waals surface area (Å²) >= 11 is 11.8. The lowest BCUT2D eigenvalue weighted by atomic mass is 10.1. The molecule has 1 unspecified atom stereocenters. The number of amides is 1. The maximum atomic E-state index is 12.5. The molecule has 1 aromatic carbocycles. The standard InChI is InChI=1S/C15H13Cl2N3O/c1-20(14-7-13(17)18-8-19-14)15(21)12-6-11(12)9-3-2-4-10(16)5-9/h2-5,7-8,11-12H,6H2,1H3/t11-,12?/m1/s1. The molecule has 0 spiro atoms. The summed E-state index contributed by atoms with van der Waals surface area (Å²) in [4.78, 5) is 21.9. The van der Waals surface area contributed by atoms with Gasteiger partial charge in [0.05, 0.1) is 0 Å². The molecule has 0 saturated heterocycles. The second-order valence-electron chi connectivity index (χ2n) is 5.10. The van der Waals surface area contributed by atoms with E-state index in [4.69, 9.17) is 23.2 Å². The molecule has 1 aliphatic carbocycles. The van der Waals surface area contributed by atoms with Crippen molar-refractivity contribution in [2.24, 2.45) is 5.92 Å². The smallest absolute Gasteiger partial charge is 0.231 e. The maximum absolute atomic E-state index is 12.5. The molecule has 1 aromatic heterocycles. The fourth-order valence-electron chi connectivity index (χ4n) is 2.44. The highest BCUT2D eigenvalue weighted by Gasteiger charge is 2.45. The first-order valence-corrected chi connectivity index (χ1v) is 7.32. The lowest BCUT2D eigenvalue weighted by molar-refractivity contribution is -0.119. The van der Waals surface area contributed by atoms with Crippen molar-refractivity contribution in [3.63, 3.8) is 0 Å². The molecule has 108 valence electrons. The van der Waals surface area contributed by atoms with Crippen molar-refractivity contribution in [1.82, 2.24) is 9.97 Å². The van der Waals surface area contributed by atoms with Gasteiger partial charge in [-0.3, -0.25) is 9.69 Å². The van der Waals surface area contributed by atoms with Crippen LogP contribution in [-0.2, 0) is 4.79 Å². The molecule has 1 fully saturated rings. The number of hydrogen-bond donors (Lipinski definition) is 0. The molecule has 3 rings (SSSR count). The summed E-state index contributed by atoms with van der Waals surface area (Å²) in [7, 11) is 1.70. The van der Waals surface area contributed by atoms with E-state index in [-0.39, 0.29) is 17.7 Å². The van der Waals surface area contributed by atoms with Crippen LogP contribution >= 0.6 is 23.2 Å².